The number of sulfonamides is 1. The number of rotatable bonds is 12. The summed E-state index contributed by atoms with van der Waals surface area (Å²) in [6.07, 6.45) is 5.47. The van der Waals surface area contributed by atoms with Gasteiger partial charge in [0.15, 0.2) is 0 Å². The van der Waals surface area contributed by atoms with E-state index < -0.39 is 28.5 Å². The van der Waals surface area contributed by atoms with Gasteiger partial charge in [-0.3, -0.25) is 13.9 Å². The van der Waals surface area contributed by atoms with Crippen LogP contribution in [0, 0.1) is 6.92 Å². The van der Waals surface area contributed by atoms with Crippen LogP contribution in [-0.2, 0) is 26.2 Å². The normalized spacial score (nSPS) is 14.5. The van der Waals surface area contributed by atoms with Crippen LogP contribution in [0.1, 0.15) is 56.6 Å². The van der Waals surface area contributed by atoms with Gasteiger partial charge in [-0.1, -0.05) is 85.8 Å². The Hall–Kier alpha value is -3.56. The zero-order valence-electron chi connectivity index (χ0n) is 25.0. The number of halogens is 1. The molecule has 1 N–H and O–H groups in total. The summed E-state index contributed by atoms with van der Waals surface area (Å²) in [6.45, 7) is 3.45. The first-order valence-electron chi connectivity index (χ1n) is 14.7. The second-order valence-corrected chi connectivity index (χ2v) is 13.2. The highest BCUT2D eigenvalue weighted by Gasteiger charge is 2.34. The largest absolute Gasteiger partial charge is 0.495 e. The lowest BCUT2D eigenvalue weighted by Crippen LogP contribution is -2.54. The number of nitrogens with one attached hydrogen (secondary N) is 1. The summed E-state index contributed by atoms with van der Waals surface area (Å²) in [5, 5.41) is 3.37. The molecule has 43 heavy (non-hydrogen) atoms. The average molecular weight is 626 g/mol. The first-order valence-corrected chi connectivity index (χ1v) is 16.5. The van der Waals surface area contributed by atoms with Crippen molar-refractivity contribution in [2.75, 3.05) is 18.0 Å². The van der Waals surface area contributed by atoms with Gasteiger partial charge in [0, 0.05) is 12.6 Å². The minimum absolute atomic E-state index is 0.0297. The van der Waals surface area contributed by atoms with Gasteiger partial charge in [-0.25, -0.2) is 8.42 Å². The Morgan fingerprint density at radius 2 is 1.72 bits per heavy atom. The number of carbonyl (C=O) groups excluding carboxylic acids is 2. The molecule has 1 fully saturated rings. The second kappa shape index (κ2) is 14.8. The summed E-state index contributed by atoms with van der Waals surface area (Å²) < 4.78 is 34.3. The second-order valence-electron chi connectivity index (χ2n) is 10.9. The third-order valence-corrected chi connectivity index (χ3v) is 9.89. The van der Waals surface area contributed by atoms with Gasteiger partial charge in [0.05, 0.1) is 22.7 Å². The Kier molecular flexibility index (Phi) is 11.1. The van der Waals surface area contributed by atoms with Crippen molar-refractivity contribution in [2.24, 2.45) is 0 Å². The van der Waals surface area contributed by atoms with Gasteiger partial charge in [-0.2, -0.15) is 0 Å². The van der Waals surface area contributed by atoms with Crippen LogP contribution >= 0.6 is 11.6 Å². The number of anilines is 1. The van der Waals surface area contributed by atoms with E-state index in [4.69, 9.17) is 16.3 Å². The van der Waals surface area contributed by atoms with E-state index >= 15 is 0 Å². The van der Waals surface area contributed by atoms with Gasteiger partial charge in [0.1, 0.15) is 18.3 Å². The lowest BCUT2D eigenvalue weighted by Gasteiger charge is -2.34. The van der Waals surface area contributed by atoms with E-state index in [0.29, 0.717) is 12.2 Å². The van der Waals surface area contributed by atoms with E-state index in [9.17, 15) is 18.0 Å². The van der Waals surface area contributed by atoms with Crippen LogP contribution < -0.4 is 14.4 Å². The summed E-state index contributed by atoms with van der Waals surface area (Å²) in [4.78, 5) is 29.5. The molecule has 4 rings (SSSR count). The predicted molar refractivity (Wildman–Crippen MR) is 170 cm³/mol. The van der Waals surface area contributed by atoms with E-state index in [1.807, 2.05) is 38.1 Å². The molecule has 1 aliphatic carbocycles. The van der Waals surface area contributed by atoms with E-state index in [1.165, 1.54) is 30.2 Å². The topological polar surface area (TPSA) is 96.0 Å². The fourth-order valence-electron chi connectivity index (χ4n) is 5.53. The molecule has 8 nitrogen and oxygen atoms in total. The number of carbonyl (C=O) groups is 2. The third kappa shape index (κ3) is 8.09. The Bertz CT molecular complexity index is 1510. The molecule has 1 atom stereocenters. The van der Waals surface area contributed by atoms with Gasteiger partial charge >= 0.3 is 0 Å². The molecule has 3 aromatic rings. The Balaban J connectivity index is 1.72. The fraction of sp³-hybridized carbons (Fsp3) is 0.394. The van der Waals surface area contributed by atoms with Crippen molar-refractivity contribution in [3.8, 4) is 5.75 Å². The van der Waals surface area contributed by atoms with Crippen LogP contribution in [0.4, 0.5) is 5.69 Å². The van der Waals surface area contributed by atoms with Crippen molar-refractivity contribution in [2.45, 2.75) is 75.9 Å². The lowest BCUT2D eigenvalue weighted by molar-refractivity contribution is -0.140. The highest BCUT2D eigenvalue weighted by atomic mass is 35.5. The smallest absolute Gasteiger partial charge is 0.264 e. The highest BCUT2D eigenvalue weighted by molar-refractivity contribution is 7.92. The summed E-state index contributed by atoms with van der Waals surface area (Å²) in [5.74, 6) is -0.348. The number of nitrogens with zero attached hydrogens (tertiary/aromatic N) is 2. The van der Waals surface area contributed by atoms with Gasteiger partial charge < -0.3 is 15.0 Å². The number of ether oxygens (including phenoxy) is 1. The molecule has 230 valence electrons. The molecule has 10 heteroatoms. The molecule has 1 saturated carbocycles. The number of aryl methyl sites for hydroxylation is 1. The maximum atomic E-state index is 14.3. The molecule has 2 amide bonds. The third-order valence-electron chi connectivity index (χ3n) is 7.81. The molecule has 0 aliphatic heterocycles. The summed E-state index contributed by atoms with van der Waals surface area (Å²) in [5.41, 5.74) is 2.08. The number of hydrogen-bond acceptors (Lipinski definition) is 5. The minimum atomic E-state index is -4.19. The van der Waals surface area contributed by atoms with Gasteiger partial charge in [-0.05, 0) is 62.1 Å². The monoisotopic (exact) mass is 625 g/mol. The Labute approximate surface area is 260 Å². The van der Waals surface area contributed by atoms with Crippen LogP contribution in [0.2, 0.25) is 5.02 Å². The standard InChI is InChI=1S/C33H40ClN3O5S/c1-4-30(33(39)35-26-14-7-5-8-15-26)36(22-25-13-11-12-24(2)20-25)32(38)23-37(27-18-19-31(42-3)29(34)21-27)43(40,41)28-16-9-6-10-17-28/h6,9-13,16-21,26,30H,4-5,7-8,14-15,22-23H2,1-3H3,(H,35,39)/t30-/m0/s1. The maximum absolute atomic E-state index is 14.3. The minimum Gasteiger partial charge on any atom is -0.495 e. The molecular weight excluding hydrogens is 586 g/mol. The van der Waals surface area contributed by atoms with E-state index in [-0.39, 0.29) is 34.1 Å². The summed E-state index contributed by atoms with van der Waals surface area (Å²) in [7, 11) is -2.72. The van der Waals surface area contributed by atoms with Crippen molar-refractivity contribution < 1.29 is 22.7 Å². The molecule has 1 aliphatic rings. The molecule has 0 radical (unpaired) electrons. The number of benzene rings is 3. The number of methoxy groups -OCH3 is 1. The SMILES string of the molecule is CC[C@@H](C(=O)NC1CCCCC1)N(Cc1cccc(C)c1)C(=O)CN(c1ccc(OC)c(Cl)c1)S(=O)(=O)c1ccccc1. The average Bonchev–Trinajstić information content (AvgIpc) is 3.00. The summed E-state index contributed by atoms with van der Waals surface area (Å²) in [6, 6.07) is 19.5. The maximum Gasteiger partial charge on any atom is 0.264 e. The first kappa shape index (κ1) is 32.4. The quantitative estimate of drug-likeness (QED) is 0.262. The molecule has 0 aromatic heterocycles. The van der Waals surface area contributed by atoms with Crippen LogP contribution in [0.5, 0.6) is 5.75 Å². The Morgan fingerprint density at radius 1 is 1.00 bits per heavy atom. The molecular formula is C33H40ClN3O5S. The highest BCUT2D eigenvalue weighted by Crippen LogP contribution is 2.32. The van der Waals surface area contributed by atoms with Crippen LogP contribution in [0.25, 0.3) is 0 Å². The molecule has 3 aromatic carbocycles. The van der Waals surface area contributed by atoms with Crippen molar-refractivity contribution in [3.05, 3.63) is 88.9 Å². The molecule has 0 saturated heterocycles. The molecule has 0 spiro atoms. The molecule has 0 unspecified atom stereocenters. The van der Waals surface area contributed by atoms with Crippen LogP contribution in [-0.4, -0.2) is 50.9 Å². The lowest BCUT2D eigenvalue weighted by atomic mass is 9.95. The Morgan fingerprint density at radius 3 is 2.35 bits per heavy atom. The zero-order valence-corrected chi connectivity index (χ0v) is 26.5. The first-order chi connectivity index (χ1) is 20.6. The van der Waals surface area contributed by atoms with Crippen molar-refractivity contribution in [3.63, 3.8) is 0 Å². The van der Waals surface area contributed by atoms with Crippen LogP contribution in [0.15, 0.2) is 77.7 Å². The van der Waals surface area contributed by atoms with E-state index in [1.54, 1.807) is 30.3 Å². The fourth-order valence-corrected chi connectivity index (χ4v) is 7.21. The van der Waals surface area contributed by atoms with Crippen LogP contribution in [0.3, 0.4) is 0 Å². The zero-order chi connectivity index (χ0) is 31.0. The predicted octanol–water partition coefficient (Wildman–Crippen LogP) is 6.11. The van der Waals surface area contributed by atoms with Crippen molar-refractivity contribution in [1.82, 2.24) is 10.2 Å². The van der Waals surface area contributed by atoms with Crippen molar-refractivity contribution in [1.29, 1.82) is 0 Å². The molecule has 0 heterocycles. The van der Waals surface area contributed by atoms with E-state index in [0.717, 1.165) is 47.5 Å². The van der Waals surface area contributed by atoms with Crippen molar-refractivity contribution >= 4 is 39.1 Å². The molecule has 0 bridgehead atoms. The van der Waals surface area contributed by atoms with Gasteiger partial charge in [0.2, 0.25) is 11.8 Å². The van der Waals surface area contributed by atoms with Gasteiger partial charge in [-0.15, -0.1) is 0 Å². The van der Waals surface area contributed by atoms with E-state index in [2.05, 4.69) is 5.32 Å². The number of amides is 2. The van der Waals surface area contributed by atoms with Gasteiger partial charge in [0.25, 0.3) is 10.0 Å². The number of hydrogen-bond donors (Lipinski definition) is 1. The summed E-state index contributed by atoms with van der Waals surface area (Å²) >= 11 is 6.40.